The SMILES string of the molecule is CC#CCCC(CCCC)NC(C)C. The fraction of sp³-hybridized carbons (Fsp3) is 0.846. The zero-order chi connectivity index (χ0) is 10.8. The molecular formula is C13H25N. The van der Waals surface area contributed by atoms with E-state index in [1.165, 1.54) is 25.7 Å². The van der Waals surface area contributed by atoms with Gasteiger partial charge in [0, 0.05) is 18.5 Å². The van der Waals surface area contributed by atoms with Gasteiger partial charge < -0.3 is 5.32 Å². The van der Waals surface area contributed by atoms with E-state index >= 15 is 0 Å². The van der Waals surface area contributed by atoms with Crippen molar-refractivity contribution in [2.45, 2.75) is 71.9 Å². The molecule has 0 saturated heterocycles. The standard InChI is InChI=1S/C13H25N/c1-5-7-9-11-13(10-8-6-2)14-12(3)4/h12-14H,6,8-11H2,1-4H3. The molecule has 0 bridgehead atoms. The molecule has 82 valence electrons. The Labute approximate surface area is 89.7 Å². The molecule has 14 heavy (non-hydrogen) atoms. The van der Waals surface area contributed by atoms with Gasteiger partial charge in [-0.2, -0.15) is 0 Å². The number of nitrogens with one attached hydrogen (secondary N) is 1. The Morgan fingerprint density at radius 3 is 2.43 bits per heavy atom. The molecule has 0 aliphatic heterocycles. The minimum atomic E-state index is 0.589. The van der Waals surface area contributed by atoms with Crippen molar-refractivity contribution in [3.8, 4) is 11.8 Å². The Morgan fingerprint density at radius 2 is 1.93 bits per heavy atom. The minimum absolute atomic E-state index is 0.589. The molecule has 1 nitrogen and oxygen atoms in total. The summed E-state index contributed by atoms with van der Waals surface area (Å²) in [5.41, 5.74) is 0. The lowest BCUT2D eigenvalue weighted by Crippen LogP contribution is -2.34. The molecule has 0 rings (SSSR count). The number of hydrogen-bond donors (Lipinski definition) is 1. The molecule has 0 amide bonds. The minimum Gasteiger partial charge on any atom is -0.312 e. The molecule has 0 aliphatic carbocycles. The van der Waals surface area contributed by atoms with Gasteiger partial charge in [-0.1, -0.05) is 33.6 Å². The van der Waals surface area contributed by atoms with Crippen LogP contribution in [0.4, 0.5) is 0 Å². The molecule has 0 fully saturated rings. The first kappa shape index (κ1) is 13.5. The third kappa shape index (κ3) is 8.13. The van der Waals surface area contributed by atoms with Crippen LogP contribution in [0, 0.1) is 11.8 Å². The predicted octanol–water partition coefficient (Wildman–Crippen LogP) is 3.35. The summed E-state index contributed by atoms with van der Waals surface area (Å²) in [5.74, 6) is 6.09. The molecule has 1 atom stereocenters. The van der Waals surface area contributed by atoms with Crippen LogP contribution < -0.4 is 5.32 Å². The van der Waals surface area contributed by atoms with Gasteiger partial charge in [-0.3, -0.25) is 0 Å². The molecule has 0 aromatic heterocycles. The summed E-state index contributed by atoms with van der Waals surface area (Å²) in [6.45, 7) is 8.59. The molecule has 1 unspecified atom stereocenters. The van der Waals surface area contributed by atoms with Crippen LogP contribution in [-0.2, 0) is 0 Å². The lowest BCUT2D eigenvalue weighted by Gasteiger charge is -2.20. The smallest absolute Gasteiger partial charge is 0.0103 e. The van der Waals surface area contributed by atoms with Gasteiger partial charge in [-0.25, -0.2) is 0 Å². The second-order valence-corrected chi connectivity index (χ2v) is 4.13. The van der Waals surface area contributed by atoms with Crippen molar-refractivity contribution in [2.24, 2.45) is 0 Å². The Kier molecular flexibility index (Phi) is 8.78. The van der Waals surface area contributed by atoms with Crippen LogP contribution in [0.25, 0.3) is 0 Å². The second kappa shape index (κ2) is 9.09. The summed E-state index contributed by atoms with van der Waals surface area (Å²) in [6.07, 6.45) is 6.13. The van der Waals surface area contributed by atoms with Gasteiger partial charge in [0.25, 0.3) is 0 Å². The Morgan fingerprint density at radius 1 is 1.21 bits per heavy atom. The van der Waals surface area contributed by atoms with Crippen LogP contribution in [0.3, 0.4) is 0 Å². The number of rotatable bonds is 7. The fourth-order valence-corrected chi connectivity index (χ4v) is 1.60. The summed E-state index contributed by atoms with van der Waals surface area (Å²) in [6, 6.07) is 1.25. The van der Waals surface area contributed by atoms with Gasteiger partial charge in [-0.15, -0.1) is 11.8 Å². The van der Waals surface area contributed by atoms with E-state index in [-0.39, 0.29) is 0 Å². The Hall–Kier alpha value is -0.480. The van der Waals surface area contributed by atoms with Crippen LogP contribution in [-0.4, -0.2) is 12.1 Å². The number of unbranched alkanes of at least 4 members (excludes halogenated alkanes) is 1. The van der Waals surface area contributed by atoms with E-state index in [2.05, 4.69) is 37.9 Å². The largest absolute Gasteiger partial charge is 0.312 e. The highest BCUT2D eigenvalue weighted by atomic mass is 14.9. The molecule has 1 N–H and O–H groups in total. The van der Waals surface area contributed by atoms with Gasteiger partial charge >= 0.3 is 0 Å². The van der Waals surface area contributed by atoms with Gasteiger partial charge in [0.1, 0.15) is 0 Å². The van der Waals surface area contributed by atoms with Crippen molar-refractivity contribution in [3.05, 3.63) is 0 Å². The van der Waals surface area contributed by atoms with Crippen LogP contribution >= 0.6 is 0 Å². The third-order valence-electron chi connectivity index (χ3n) is 2.27. The summed E-state index contributed by atoms with van der Waals surface area (Å²) >= 11 is 0. The van der Waals surface area contributed by atoms with E-state index in [4.69, 9.17) is 0 Å². The average Bonchev–Trinajstić information content (AvgIpc) is 2.13. The van der Waals surface area contributed by atoms with E-state index in [0.717, 1.165) is 6.42 Å². The van der Waals surface area contributed by atoms with E-state index in [1.807, 2.05) is 6.92 Å². The van der Waals surface area contributed by atoms with Crippen molar-refractivity contribution in [3.63, 3.8) is 0 Å². The summed E-state index contributed by atoms with van der Waals surface area (Å²) in [7, 11) is 0. The van der Waals surface area contributed by atoms with Gasteiger partial charge in [-0.05, 0) is 19.8 Å². The first-order valence-electron chi connectivity index (χ1n) is 5.86. The van der Waals surface area contributed by atoms with E-state index in [9.17, 15) is 0 Å². The van der Waals surface area contributed by atoms with Crippen molar-refractivity contribution < 1.29 is 0 Å². The van der Waals surface area contributed by atoms with E-state index in [1.54, 1.807) is 0 Å². The van der Waals surface area contributed by atoms with Crippen molar-refractivity contribution in [1.29, 1.82) is 0 Å². The fourth-order valence-electron chi connectivity index (χ4n) is 1.60. The Balaban J connectivity index is 3.75. The monoisotopic (exact) mass is 195 g/mol. The maximum atomic E-state index is 3.61. The van der Waals surface area contributed by atoms with Crippen LogP contribution in [0.1, 0.15) is 59.8 Å². The highest BCUT2D eigenvalue weighted by Crippen LogP contribution is 2.07. The Bertz CT molecular complexity index is 173. The molecule has 0 radical (unpaired) electrons. The highest BCUT2D eigenvalue weighted by Gasteiger charge is 2.07. The van der Waals surface area contributed by atoms with E-state index < -0.39 is 0 Å². The van der Waals surface area contributed by atoms with Crippen molar-refractivity contribution in [2.75, 3.05) is 0 Å². The van der Waals surface area contributed by atoms with Crippen LogP contribution in [0.15, 0.2) is 0 Å². The molecule has 0 aliphatic rings. The van der Waals surface area contributed by atoms with Crippen molar-refractivity contribution >= 4 is 0 Å². The lowest BCUT2D eigenvalue weighted by molar-refractivity contribution is 0.409. The number of hydrogen-bond acceptors (Lipinski definition) is 1. The normalized spacial score (nSPS) is 12.4. The lowest BCUT2D eigenvalue weighted by atomic mass is 10.0. The molecule has 1 heteroatoms. The van der Waals surface area contributed by atoms with Crippen LogP contribution in [0.2, 0.25) is 0 Å². The third-order valence-corrected chi connectivity index (χ3v) is 2.27. The predicted molar refractivity (Wildman–Crippen MR) is 64.3 cm³/mol. The maximum Gasteiger partial charge on any atom is 0.0103 e. The highest BCUT2D eigenvalue weighted by molar-refractivity contribution is 4.95. The zero-order valence-electron chi connectivity index (χ0n) is 10.2. The molecule has 0 spiro atoms. The molecule has 0 heterocycles. The summed E-state index contributed by atoms with van der Waals surface area (Å²) < 4.78 is 0. The zero-order valence-corrected chi connectivity index (χ0v) is 10.2. The average molecular weight is 195 g/mol. The quantitative estimate of drug-likeness (QED) is 0.614. The maximum absolute atomic E-state index is 3.61. The van der Waals surface area contributed by atoms with Crippen LogP contribution in [0.5, 0.6) is 0 Å². The second-order valence-electron chi connectivity index (χ2n) is 4.13. The van der Waals surface area contributed by atoms with Gasteiger partial charge in [0.15, 0.2) is 0 Å². The summed E-state index contributed by atoms with van der Waals surface area (Å²) in [5, 5.41) is 3.61. The molecule has 0 aromatic rings. The summed E-state index contributed by atoms with van der Waals surface area (Å²) in [4.78, 5) is 0. The molecule has 0 saturated carbocycles. The first-order valence-corrected chi connectivity index (χ1v) is 5.86. The van der Waals surface area contributed by atoms with Crippen molar-refractivity contribution in [1.82, 2.24) is 5.32 Å². The topological polar surface area (TPSA) is 12.0 Å². The first-order chi connectivity index (χ1) is 6.70. The van der Waals surface area contributed by atoms with E-state index in [0.29, 0.717) is 12.1 Å². The van der Waals surface area contributed by atoms with Gasteiger partial charge in [0.2, 0.25) is 0 Å². The molecule has 0 aromatic carbocycles. The molecular weight excluding hydrogens is 170 g/mol. The van der Waals surface area contributed by atoms with Gasteiger partial charge in [0.05, 0.1) is 0 Å².